The van der Waals surface area contributed by atoms with Gasteiger partial charge in [0.25, 0.3) is 0 Å². The molecule has 0 atom stereocenters. The quantitative estimate of drug-likeness (QED) is 0.348. The zero-order valence-corrected chi connectivity index (χ0v) is 9.15. The molecule has 0 spiro atoms. The lowest BCUT2D eigenvalue weighted by Gasteiger charge is -2.10. The molecule has 1 aromatic carbocycles. The summed E-state index contributed by atoms with van der Waals surface area (Å²) in [5.41, 5.74) is 7.93. The average Bonchev–Trinajstić information content (AvgIpc) is 2.07. The topological polar surface area (TPSA) is 58.0 Å². The maximum absolute atomic E-state index is 11.9. The Hall–Kier alpha value is -1.15. The third kappa shape index (κ3) is 3.84. The van der Waals surface area contributed by atoms with Crippen molar-refractivity contribution in [2.24, 2.45) is 5.11 Å². The summed E-state index contributed by atoms with van der Waals surface area (Å²) < 4.78 is 40.0. The second-order valence-electron chi connectivity index (χ2n) is 2.35. The number of hydrogen-bond acceptors (Lipinski definition) is 2. The second-order valence-corrected chi connectivity index (χ2v) is 3.59. The number of benzene rings is 1. The number of hydrogen-bond donors (Lipinski definition) is 0. The summed E-state index contributed by atoms with van der Waals surface area (Å²) in [6.07, 6.45) is -4.80. The van der Waals surface area contributed by atoms with E-state index in [0.29, 0.717) is 3.57 Å². The molecule has 0 amide bonds. The van der Waals surface area contributed by atoms with E-state index < -0.39 is 12.1 Å². The number of rotatable bonds is 2. The van der Waals surface area contributed by atoms with Gasteiger partial charge in [0.05, 0.1) is 5.69 Å². The van der Waals surface area contributed by atoms with E-state index in [1.165, 1.54) is 12.1 Å². The molecule has 0 aliphatic heterocycles. The highest BCUT2D eigenvalue weighted by Crippen LogP contribution is 2.33. The van der Waals surface area contributed by atoms with Gasteiger partial charge in [0.2, 0.25) is 0 Å². The van der Waals surface area contributed by atoms with Gasteiger partial charge < -0.3 is 4.74 Å². The molecule has 8 heteroatoms. The molecule has 1 aromatic rings. The van der Waals surface area contributed by atoms with Crippen molar-refractivity contribution in [2.45, 2.75) is 6.36 Å². The van der Waals surface area contributed by atoms with E-state index in [1.54, 1.807) is 0 Å². The van der Waals surface area contributed by atoms with E-state index in [2.05, 4.69) is 14.8 Å². The van der Waals surface area contributed by atoms with E-state index in [1.807, 2.05) is 22.6 Å². The Balaban J connectivity index is 3.13. The molecule has 0 bridgehead atoms. The van der Waals surface area contributed by atoms with Crippen LogP contribution in [0.4, 0.5) is 18.9 Å². The minimum absolute atomic E-state index is 0.199. The molecule has 4 nitrogen and oxygen atoms in total. The molecule has 0 aliphatic rings. The number of ether oxygens (including phenoxy) is 1. The van der Waals surface area contributed by atoms with Gasteiger partial charge in [-0.15, -0.1) is 13.2 Å². The van der Waals surface area contributed by atoms with Crippen LogP contribution in [0.2, 0.25) is 0 Å². The largest absolute Gasteiger partial charge is 0.573 e. The Kier molecular flexibility index (Phi) is 3.64. The number of alkyl halides is 3. The van der Waals surface area contributed by atoms with Gasteiger partial charge in [0, 0.05) is 8.48 Å². The van der Waals surface area contributed by atoms with Crippen LogP contribution in [0.15, 0.2) is 23.3 Å². The minimum Gasteiger partial charge on any atom is -0.405 e. The summed E-state index contributed by atoms with van der Waals surface area (Å²) in [6.45, 7) is 0. The van der Waals surface area contributed by atoms with E-state index in [0.717, 1.165) is 6.07 Å². The van der Waals surface area contributed by atoms with Crippen LogP contribution in [-0.4, -0.2) is 6.36 Å². The molecule has 0 N–H and O–H groups in total. The molecule has 0 saturated carbocycles. The van der Waals surface area contributed by atoms with Gasteiger partial charge in [-0.1, -0.05) is 5.11 Å². The van der Waals surface area contributed by atoms with Crippen LogP contribution >= 0.6 is 22.6 Å². The van der Waals surface area contributed by atoms with Gasteiger partial charge in [-0.2, -0.15) is 0 Å². The fraction of sp³-hybridized carbons (Fsp3) is 0.143. The number of azide groups is 1. The fourth-order valence-electron chi connectivity index (χ4n) is 0.825. The van der Waals surface area contributed by atoms with Gasteiger partial charge in [-0.05, 0) is 46.3 Å². The van der Waals surface area contributed by atoms with Crippen LogP contribution in [0.1, 0.15) is 0 Å². The minimum atomic E-state index is -4.80. The molecule has 0 fully saturated rings. The fourth-order valence-corrected chi connectivity index (χ4v) is 1.29. The van der Waals surface area contributed by atoms with Crippen LogP contribution in [-0.2, 0) is 0 Å². The predicted molar refractivity (Wildman–Crippen MR) is 54.6 cm³/mol. The number of nitrogens with zero attached hydrogens (tertiary/aromatic N) is 3. The highest BCUT2D eigenvalue weighted by molar-refractivity contribution is 14.1. The first kappa shape index (κ1) is 11.9. The monoisotopic (exact) mass is 329 g/mol. The van der Waals surface area contributed by atoms with Crippen LogP contribution in [0.3, 0.4) is 0 Å². The lowest BCUT2D eigenvalue weighted by Crippen LogP contribution is -2.17. The smallest absolute Gasteiger partial charge is 0.405 e. The molecule has 1 rings (SSSR count). The summed E-state index contributed by atoms with van der Waals surface area (Å²) in [5, 5.41) is 3.08. The summed E-state index contributed by atoms with van der Waals surface area (Å²) in [7, 11) is 0. The standard InChI is InChI=1S/C7H3F3IN3O/c8-7(9,10)15-6-3-4(11)1-2-5(6)13-14-12/h1-3H. The van der Waals surface area contributed by atoms with Gasteiger partial charge in [0.15, 0.2) is 0 Å². The van der Waals surface area contributed by atoms with Crippen LogP contribution in [0, 0.1) is 3.57 Å². The van der Waals surface area contributed by atoms with Gasteiger partial charge in [0.1, 0.15) is 5.75 Å². The van der Waals surface area contributed by atoms with Crippen molar-refractivity contribution in [3.8, 4) is 5.75 Å². The lowest BCUT2D eigenvalue weighted by atomic mass is 10.3. The van der Waals surface area contributed by atoms with Crippen LogP contribution in [0.5, 0.6) is 5.75 Å². The molecule has 15 heavy (non-hydrogen) atoms. The van der Waals surface area contributed by atoms with Crippen molar-refractivity contribution in [2.75, 3.05) is 0 Å². The first-order chi connectivity index (χ1) is 6.92. The predicted octanol–water partition coefficient (Wildman–Crippen LogP) is 4.13. The van der Waals surface area contributed by atoms with Crippen LogP contribution in [0.25, 0.3) is 10.4 Å². The normalized spacial score (nSPS) is 10.7. The second kappa shape index (κ2) is 4.58. The van der Waals surface area contributed by atoms with E-state index in [-0.39, 0.29) is 5.69 Å². The Morgan fingerprint density at radius 1 is 1.40 bits per heavy atom. The van der Waals surface area contributed by atoms with Crippen molar-refractivity contribution in [3.05, 3.63) is 32.2 Å². The molecule has 0 saturated heterocycles. The van der Waals surface area contributed by atoms with Gasteiger partial charge in [-0.25, -0.2) is 0 Å². The number of halogens is 4. The van der Waals surface area contributed by atoms with Crippen molar-refractivity contribution in [1.82, 2.24) is 0 Å². The third-order valence-corrected chi connectivity index (χ3v) is 1.97. The SMILES string of the molecule is [N-]=[N+]=Nc1ccc(I)cc1OC(F)(F)F. The van der Waals surface area contributed by atoms with Crippen molar-refractivity contribution >= 4 is 28.3 Å². The first-order valence-corrected chi connectivity index (χ1v) is 4.60. The highest BCUT2D eigenvalue weighted by atomic mass is 127. The van der Waals surface area contributed by atoms with E-state index in [9.17, 15) is 13.2 Å². The molecular formula is C7H3F3IN3O. The molecule has 0 heterocycles. The Morgan fingerprint density at radius 2 is 2.07 bits per heavy atom. The zero-order chi connectivity index (χ0) is 11.5. The first-order valence-electron chi connectivity index (χ1n) is 3.53. The lowest BCUT2D eigenvalue weighted by molar-refractivity contribution is -0.274. The summed E-state index contributed by atoms with van der Waals surface area (Å²) in [4.78, 5) is 2.40. The molecule has 80 valence electrons. The van der Waals surface area contributed by atoms with Gasteiger partial charge in [-0.3, -0.25) is 0 Å². The third-order valence-electron chi connectivity index (χ3n) is 1.30. The van der Waals surface area contributed by atoms with E-state index in [4.69, 9.17) is 5.53 Å². The molecule has 0 aromatic heterocycles. The highest BCUT2D eigenvalue weighted by Gasteiger charge is 2.32. The van der Waals surface area contributed by atoms with Crippen molar-refractivity contribution < 1.29 is 17.9 Å². The van der Waals surface area contributed by atoms with E-state index >= 15 is 0 Å². The van der Waals surface area contributed by atoms with Crippen molar-refractivity contribution in [1.29, 1.82) is 0 Å². The Labute approximate surface area is 95.8 Å². The Morgan fingerprint density at radius 3 is 2.60 bits per heavy atom. The molecular weight excluding hydrogens is 326 g/mol. The van der Waals surface area contributed by atoms with Gasteiger partial charge >= 0.3 is 6.36 Å². The van der Waals surface area contributed by atoms with Crippen LogP contribution < -0.4 is 4.74 Å². The zero-order valence-electron chi connectivity index (χ0n) is 6.99. The molecule has 0 radical (unpaired) electrons. The Bertz CT molecular complexity index is 414. The summed E-state index contributed by atoms with van der Waals surface area (Å²) >= 11 is 1.82. The maximum atomic E-state index is 11.9. The summed E-state index contributed by atoms with van der Waals surface area (Å²) in [6, 6.07) is 3.90. The van der Waals surface area contributed by atoms with Crippen molar-refractivity contribution in [3.63, 3.8) is 0 Å². The summed E-state index contributed by atoms with van der Waals surface area (Å²) in [5.74, 6) is -0.507. The molecule has 0 unspecified atom stereocenters. The average molecular weight is 329 g/mol. The molecule has 0 aliphatic carbocycles. The maximum Gasteiger partial charge on any atom is 0.573 e.